The van der Waals surface area contributed by atoms with Crippen molar-refractivity contribution in [1.82, 2.24) is 9.80 Å². The van der Waals surface area contributed by atoms with Crippen LogP contribution in [-0.2, 0) is 0 Å². The molecule has 162 valence electrons. The summed E-state index contributed by atoms with van der Waals surface area (Å²) in [6.45, 7) is 8.89. The third kappa shape index (κ3) is 4.53. The molecular formula is C26H32N4S. The average molecular weight is 433 g/mol. The lowest BCUT2D eigenvalue weighted by atomic mass is 10.1. The molecular weight excluding hydrogens is 400 g/mol. The topological polar surface area (TPSA) is 22.1 Å². The molecule has 3 aliphatic rings. The molecule has 3 heterocycles. The summed E-state index contributed by atoms with van der Waals surface area (Å²) < 4.78 is 0. The molecule has 0 bridgehead atoms. The minimum Gasteiger partial charge on any atom is -0.369 e. The molecule has 0 aliphatic carbocycles. The number of piperazine rings is 1. The van der Waals surface area contributed by atoms with Crippen molar-refractivity contribution in [3.63, 3.8) is 0 Å². The zero-order valence-corrected chi connectivity index (χ0v) is 19.2. The maximum absolute atomic E-state index is 5.09. The van der Waals surface area contributed by atoms with Crippen molar-refractivity contribution < 1.29 is 0 Å². The lowest BCUT2D eigenvalue weighted by Gasteiger charge is -2.38. The largest absolute Gasteiger partial charge is 0.369 e. The number of unbranched alkanes of at least 4 members (excludes halogenated alkanes) is 1. The van der Waals surface area contributed by atoms with Gasteiger partial charge in [-0.05, 0) is 30.2 Å². The average Bonchev–Trinajstić information content (AvgIpc) is 3.27. The second-order valence-corrected chi connectivity index (χ2v) is 9.74. The molecule has 0 radical (unpaired) electrons. The summed E-state index contributed by atoms with van der Waals surface area (Å²) in [5.74, 6) is 0. The second-order valence-electron chi connectivity index (χ2n) is 8.58. The van der Waals surface area contributed by atoms with Crippen LogP contribution < -0.4 is 15.3 Å². The van der Waals surface area contributed by atoms with Gasteiger partial charge in [0.25, 0.3) is 0 Å². The molecule has 0 N–H and O–H groups in total. The Hall–Kier alpha value is -2.24. The van der Waals surface area contributed by atoms with E-state index in [1.54, 1.807) is 0 Å². The number of benzene rings is 2. The van der Waals surface area contributed by atoms with Gasteiger partial charge in [-0.3, -0.25) is 4.90 Å². The van der Waals surface area contributed by atoms with Gasteiger partial charge >= 0.3 is 0 Å². The van der Waals surface area contributed by atoms with Gasteiger partial charge in [-0.2, -0.15) is 0 Å². The van der Waals surface area contributed by atoms with Crippen LogP contribution in [0.25, 0.3) is 11.9 Å². The Morgan fingerprint density at radius 3 is 2.52 bits per heavy atom. The predicted octanol–water partition coefficient (Wildman–Crippen LogP) is 3.33. The normalized spacial score (nSPS) is 20.9. The van der Waals surface area contributed by atoms with Crippen LogP contribution >= 0.6 is 11.8 Å². The Balaban J connectivity index is 1.24. The molecule has 1 saturated heterocycles. The fraction of sp³-hybridized carbons (Fsp3) is 0.423. The van der Waals surface area contributed by atoms with E-state index in [0.717, 1.165) is 45.7 Å². The monoisotopic (exact) mass is 432 g/mol. The van der Waals surface area contributed by atoms with Crippen molar-refractivity contribution in [3.05, 3.63) is 65.0 Å². The number of hydrogen-bond acceptors (Lipinski definition) is 5. The highest BCUT2D eigenvalue weighted by molar-refractivity contribution is 8.15. The Morgan fingerprint density at radius 2 is 1.71 bits per heavy atom. The fourth-order valence-corrected chi connectivity index (χ4v) is 5.92. The van der Waals surface area contributed by atoms with Crippen molar-refractivity contribution >= 4 is 34.4 Å². The molecule has 4 nitrogen and oxygen atoms in total. The molecule has 5 heteroatoms. The molecule has 0 amide bonds. The number of para-hydroxylation sites is 1. The van der Waals surface area contributed by atoms with Crippen LogP contribution in [0.1, 0.15) is 26.2 Å². The molecule has 1 atom stereocenters. The van der Waals surface area contributed by atoms with Gasteiger partial charge < -0.3 is 9.80 Å². The summed E-state index contributed by atoms with van der Waals surface area (Å²) in [6.07, 6.45) is 5.93. The van der Waals surface area contributed by atoms with Gasteiger partial charge in [0.15, 0.2) is 0 Å². The predicted molar refractivity (Wildman–Crippen MR) is 134 cm³/mol. The molecule has 1 unspecified atom stereocenters. The molecule has 1 fully saturated rings. The Bertz CT molecular complexity index is 1040. The number of anilines is 1. The maximum atomic E-state index is 5.09. The van der Waals surface area contributed by atoms with Crippen LogP contribution in [0, 0.1) is 0 Å². The van der Waals surface area contributed by atoms with Gasteiger partial charge in [-0.15, -0.1) is 0 Å². The molecule has 0 saturated carbocycles. The third-order valence-electron chi connectivity index (χ3n) is 6.48. The van der Waals surface area contributed by atoms with Crippen molar-refractivity contribution in [3.8, 4) is 0 Å². The number of nitrogens with zero attached hydrogens (tertiary/aromatic N) is 4. The van der Waals surface area contributed by atoms with Crippen LogP contribution in [0.2, 0.25) is 0 Å². The minimum absolute atomic E-state index is 0.340. The molecule has 3 aliphatic heterocycles. The van der Waals surface area contributed by atoms with E-state index in [4.69, 9.17) is 4.99 Å². The molecule has 0 aromatic heterocycles. The quantitative estimate of drug-likeness (QED) is 0.669. The third-order valence-corrected chi connectivity index (χ3v) is 7.77. The van der Waals surface area contributed by atoms with E-state index in [2.05, 4.69) is 82.4 Å². The molecule has 0 spiro atoms. The summed E-state index contributed by atoms with van der Waals surface area (Å²) in [4.78, 5) is 12.8. The second kappa shape index (κ2) is 9.49. The first-order valence-electron chi connectivity index (χ1n) is 11.7. The van der Waals surface area contributed by atoms with Crippen LogP contribution in [0.4, 0.5) is 5.69 Å². The Kier molecular flexibility index (Phi) is 6.32. The highest BCUT2D eigenvalue weighted by Crippen LogP contribution is 2.36. The number of thioether (sulfide) groups is 1. The van der Waals surface area contributed by atoms with Gasteiger partial charge in [0.1, 0.15) is 5.37 Å². The zero-order valence-electron chi connectivity index (χ0n) is 18.4. The zero-order chi connectivity index (χ0) is 21.0. The van der Waals surface area contributed by atoms with Crippen molar-refractivity contribution in [2.45, 2.75) is 31.6 Å². The van der Waals surface area contributed by atoms with E-state index in [9.17, 15) is 0 Å². The lowest BCUT2D eigenvalue weighted by molar-refractivity contribution is 0.234. The number of aliphatic imine (C=N–C) groups is 1. The highest BCUT2D eigenvalue weighted by Gasteiger charge is 2.31. The van der Waals surface area contributed by atoms with E-state index >= 15 is 0 Å². The van der Waals surface area contributed by atoms with Crippen LogP contribution in [0.5, 0.6) is 0 Å². The number of rotatable bonds is 7. The van der Waals surface area contributed by atoms with Crippen LogP contribution in [-0.4, -0.2) is 59.5 Å². The summed E-state index contributed by atoms with van der Waals surface area (Å²) in [6, 6.07) is 19.6. The van der Waals surface area contributed by atoms with Gasteiger partial charge in [-0.25, -0.2) is 4.99 Å². The van der Waals surface area contributed by atoms with E-state index in [1.807, 2.05) is 11.8 Å². The summed E-state index contributed by atoms with van der Waals surface area (Å²) in [5.41, 5.74) is 2.62. The first-order valence-corrected chi connectivity index (χ1v) is 12.5. The van der Waals surface area contributed by atoms with Crippen molar-refractivity contribution in [2.75, 3.05) is 44.2 Å². The first-order chi connectivity index (χ1) is 15.3. The van der Waals surface area contributed by atoms with Gasteiger partial charge in [0.2, 0.25) is 0 Å². The molecule has 31 heavy (non-hydrogen) atoms. The molecule has 2 aromatic carbocycles. The molecule has 2 aromatic rings. The summed E-state index contributed by atoms with van der Waals surface area (Å²) in [7, 11) is 0. The van der Waals surface area contributed by atoms with E-state index in [-0.39, 0.29) is 0 Å². The highest BCUT2D eigenvalue weighted by atomic mass is 32.2. The maximum Gasteiger partial charge on any atom is 0.124 e. The van der Waals surface area contributed by atoms with E-state index in [0.29, 0.717) is 5.37 Å². The van der Waals surface area contributed by atoms with Gasteiger partial charge in [0, 0.05) is 56.4 Å². The summed E-state index contributed by atoms with van der Waals surface area (Å²) in [5, 5.41) is 4.28. The SMILES string of the molecule is CCCCC1=NC2=c3ccccc3=CN(CCN3CCN(c4ccccc4)CC3)C2S1. The smallest absolute Gasteiger partial charge is 0.124 e. The van der Waals surface area contributed by atoms with Gasteiger partial charge in [-0.1, -0.05) is 67.6 Å². The standard InChI is InChI=1S/C26H32N4S/c1-2-3-13-24-27-25-23-12-8-7-9-21(23)20-30(26(25)31-24)19-16-28-14-17-29(18-15-28)22-10-5-4-6-11-22/h4-12,20,26H,2-3,13-19H2,1H3. The fourth-order valence-electron chi connectivity index (χ4n) is 4.66. The Morgan fingerprint density at radius 1 is 0.935 bits per heavy atom. The van der Waals surface area contributed by atoms with Crippen molar-refractivity contribution in [1.29, 1.82) is 0 Å². The van der Waals surface area contributed by atoms with Crippen molar-refractivity contribution in [2.24, 2.45) is 4.99 Å². The van der Waals surface area contributed by atoms with Crippen LogP contribution in [0.15, 0.2) is 59.6 Å². The number of fused-ring (bicyclic) bond motifs is 2. The van der Waals surface area contributed by atoms with E-state index in [1.165, 1.54) is 39.7 Å². The van der Waals surface area contributed by atoms with Crippen LogP contribution in [0.3, 0.4) is 0 Å². The first kappa shape index (κ1) is 20.7. The Labute approximate surface area is 189 Å². The van der Waals surface area contributed by atoms with E-state index < -0.39 is 0 Å². The van der Waals surface area contributed by atoms with Gasteiger partial charge in [0.05, 0.1) is 10.7 Å². The molecule has 5 rings (SSSR count). The lowest BCUT2D eigenvalue weighted by Crippen LogP contribution is -2.50. The number of hydrogen-bond donors (Lipinski definition) is 0. The minimum atomic E-state index is 0.340. The summed E-state index contributed by atoms with van der Waals surface area (Å²) >= 11 is 1.97.